The Balaban J connectivity index is 2.06. The predicted molar refractivity (Wildman–Crippen MR) is 60.9 cm³/mol. The standard InChI is InChI=1S/C11H17N3O4/c1-3-14(4-10-13-12-7(2)18-10)9-6-17-5-8(9)11(15)16/h8-9H,3-6H2,1-2H3,(H,15,16). The van der Waals surface area contributed by atoms with Gasteiger partial charge in [0.15, 0.2) is 0 Å². The number of nitrogens with zero attached hydrogens (tertiary/aromatic N) is 3. The molecule has 2 unspecified atom stereocenters. The summed E-state index contributed by atoms with van der Waals surface area (Å²) in [6.45, 7) is 5.55. The average Bonchev–Trinajstić information content (AvgIpc) is 2.94. The van der Waals surface area contributed by atoms with E-state index in [1.165, 1.54) is 0 Å². The number of aryl methyl sites for hydroxylation is 1. The van der Waals surface area contributed by atoms with Crippen LogP contribution in [0.3, 0.4) is 0 Å². The maximum atomic E-state index is 11.1. The molecule has 2 heterocycles. The Kier molecular flexibility index (Phi) is 3.93. The van der Waals surface area contributed by atoms with Crippen molar-refractivity contribution in [3.05, 3.63) is 11.8 Å². The van der Waals surface area contributed by atoms with Crippen LogP contribution < -0.4 is 0 Å². The summed E-state index contributed by atoms with van der Waals surface area (Å²) in [4.78, 5) is 13.1. The van der Waals surface area contributed by atoms with E-state index in [9.17, 15) is 4.79 Å². The van der Waals surface area contributed by atoms with Crippen LogP contribution in [0.25, 0.3) is 0 Å². The van der Waals surface area contributed by atoms with Crippen LogP contribution in [0.1, 0.15) is 18.7 Å². The van der Waals surface area contributed by atoms with E-state index in [1.807, 2.05) is 11.8 Å². The molecular formula is C11H17N3O4. The molecule has 0 saturated carbocycles. The van der Waals surface area contributed by atoms with Crippen molar-refractivity contribution in [2.75, 3.05) is 19.8 Å². The number of aromatic nitrogens is 2. The highest BCUT2D eigenvalue weighted by Gasteiger charge is 2.37. The van der Waals surface area contributed by atoms with Gasteiger partial charge in [0.1, 0.15) is 0 Å². The second-order valence-corrected chi connectivity index (χ2v) is 4.33. The summed E-state index contributed by atoms with van der Waals surface area (Å²) in [6, 6.07) is -0.139. The molecule has 0 amide bonds. The first-order chi connectivity index (χ1) is 8.61. The van der Waals surface area contributed by atoms with Crippen molar-refractivity contribution in [3.63, 3.8) is 0 Å². The fourth-order valence-electron chi connectivity index (χ4n) is 2.18. The van der Waals surface area contributed by atoms with Crippen molar-refractivity contribution in [1.82, 2.24) is 15.1 Å². The van der Waals surface area contributed by atoms with E-state index in [4.69, 9.17) is 14.3 Å². The summed E-state index contributed by atoms with van der Waals surface area (Å²) in [5.74, 6) is -0.296. The van der Waals surface area contributed by atoms with Crippen LogP contribution in [0.5, 0.6) is 0 Å². The fourth-order valence-corrected chi connectivity index (χ4v) is 2.18. The number of ether oxygens (including phenoxy) is 1. The van der Waals surface area contributed by atoms with Crippen LogP contribution >= 0.6 is 0 Å². The zero-order valence-corrected chi connectivity index (χ0v) is 10.5. The molecule has 7 heteroatoms. The van der Waals surface area contributed by atoms with Crippen molar-refractivity contribution in [3.8, 4) is 0 Å². The molecule has 0 aromatic carbocycles. The van der Waals surface area contributed by atoms with Gasteiger partial charge < -0.3 is 14.3 Å². The average molecular weight is 255 g/mol. The summed E-state index contributed by atoms with van der Waals surface area (Å²) in [6.07, 6.45) is 0. The Labute approximate surface area is 105 Å². The number of rotatable bonds is 5. The molecule has 100 valence electrons. The van der Waals surface area contributed by atoms with Gasteiger partial charge in [-0.2, -0.15) is 0 Å². The van der Waals surface area contributed by atoms with Crippen LogP contribution in [0, 0.1) is 12.8 Å². The van der Waals surface area contributed by atoms with Crippen LogP contribution in [-0.4, -0.2) is 52.0 Å². The summed E-state index contributed by atoms with van der Waals surface area (Å²) >= 11 is 0. The zero-order chi connectivity index (χ0) is 13.1. The molecule has 2 atom stereocenters. The van der Waals surface area contributed by atoms with E-state index < -0.39 is 11.9 Å². The molecule has 1 aliphatic rings. The quantitative estimate of drug-likeness (QED) is 0.809. The third kappa shape index (κ3) is 2.68. The Hall–Kier alpha value is -1.47. The van der Waals surface area contributed by atoms with Gasteiger partial charge in [0.25, 0.3) is 0 Å². The minimum Gasteiger partial charge on any atom is -0.481 e. The molecule has 0 aliphatic carbocycles. The Morgan fingerprint density at radius 2 is 2.28 bits per heavy atom. The second-order valence-electron chi connectivity index (χ2n) is 4.33. The van der Waals surface area contributed by atoms with Crippen LogP contribution in [0.15, 0.2) is 4.42 Å². The number of carboxylic acids is 1. The van der Waals surface area contributed by atoms with Crippen molar-refractivity contribution < 1.29 is 19.1 Å². The molecule has 7 nitrogen and oxygen atoms in total. The highest BCUT2D eigenvalue weighted by atomic mass is 16.5. The summed E-state index contributed by atoms with van der Waals surface area (Å²) in [5.41, 5.74) is 0. The number of hydrogen-bond donors (Lipinski definition) is 1. The Morgan fingerprint density at radius 1 is 1.50 bits per heavy atom. The topological polar surface area (TPSA) is 88.7 Å². The molecule has 2 rings (SSSR count). The zero-order valence-electron chi connectivity index (χ0n) is 10.5. The van der Waals surface area contributed by atoms with Crippen molar-refractivity contribution in [2.45, 2.75) is 26.4 Å². The number of likely N-dealkylation sites (N-methyl/N-ethyl adjacent to an activating group) is 1. The minimum absolute atomic E-state index is 0.139. The minimum atomic E-state index is -0.822. The first-order valence-corrected chi connectivity index (χ1v) is 5.95. The third-order valence-electron chi connectivity index (χ3n) is 3.15. The maximum absolute atomic E-state index is 11.1. The number of aliphatic carboxylic acids is 1. The molecule has 18 heavy (non-hydrogen) atoms. The highest BCUT2D eigenvalue weighted by Crippen LogP contribution is 2.21. The van der Waals surface area contributed by atoms with Crippen molar-refractivity contribution >= 4 is 5.97 Å². The Bertz CT molecular complexity index is 420. The van der Waals surface area contributed by atoms with Gasteiger partial charge in [0, 0.05) is 13.0 Å². The lowest BCUT2D eigenvalue weighted by molar-refractivity contribution is -0.143. The third-order valence-corrected chi connectivity index (χ3v) is 3.15. The lowest BCUT2D eigenvalue weighted by atomic mass is 10.0. The van der Waals surface area contributed by atoms with E-state index in [0.29, 0.717) is 31.5 Å². The molecule has 1 aliphatic heterocycles. The van der Waals surface area contributed by atoms with Gasteiger partial charge in [-0.1, -0.05) is 6.92 Å². The van der Waals surface area contributed by atoms with Gasteiger partial charge in [-0.05, 0) is 6.54 Å². The SMILES string of the molecule is CCN(Cc1nnc(C)o1)C1COCC1C(=O)O. The lowest BCUT2D eigenvalue weighted by Gasteiger charge is -2.27. The molecule has 1 saturated heterocycles. The molecule has 1 aromatic heterocycles. The van der Waals surface area contributed by atoms with E-state index >= 15 is 0 Å². The fraction of sp³-hybridized carbons (Fsp3) is 0.727. The first kappa shape index (κ1) is 13.0. The van der Waals surface area contributed by atoms with E-state index in [0.717, 1.165) is 0 Å². The predicted octanol–water partition coefficient (Wildman–Crippen LogP) is 0.300. The molecule has 1 fully saturated rings. The van der Waals surface area contributed by atoms with Gasteiger partial charge in [0.05, 0.1) is 25.7 Å². The maximum Gasteiger partial charge on any atom is 0.310 e. The number of carbonyl (C=O) groups is 1. The summed E-state index contributed by atoms with van der Waals surface area (Å²) in [7, 11) is 0. The van der Waals surface area contributed by atoms with Gasteiger partial charge >= 0.3 is 5.97 Å². The monoisotopic (exact) mass is 255 g/mol. The largest absolute Gasteiger partial charge is 0.481 e. The molecule has 0 spiro atoms. The van der Waals surface area contributed by atoms with Gasteiger partial charge in [-0.3, -0.25) is 9.69 Å². The summed E-state index contributed by atoms with van der Waals surface area (Å²) in [5, 5.41) is 16.8. The van der Waals surface area contributed by atoms with Crippen LogP contribution in [-0.2, 0) is 16.1 Å². The van der Waals surface area contributed by atoms with E-state index in [1.54, 1.807) is 6.92 Å². The molecule has 0 radical (unpaired) electrons. The normalized spacial score (nSPS) is 23.7. The highest BCUT2D eigenvalue weighted by molar-refractivity contribution is 5.71. The van der Waals surface area contributed by atoms with Crippen LogP contribution in [0.2, 0.25) is 0 Å². The van der Waals surface area contributed by atoms with Crippen LogP contribution in [0.4, 0.5) is 0 Å². The lowest BCUT2D eigenvalue weighted by Crippen LogP contribution is -2.42. The summed E-state index contributed by atoms with van der Waals surface area (Å²) < 4.78 is 10.6. The van der Waals surface area contributed by atoms with Gasteiger partial charge in [-0.25, -0.2) is 0 Å². The molecular weight excluding hydrogens is 238 g/mol. The van der Waals surface area contributed by atoms with Gasteiger partial charge in [-0.15, -0.1) is 10.2 Å². The van der Waals surface area contributed by atoms with E-state index in [-0.39, 0.29) is 12.6 Å². The number of carboxylic acid groups (broad SMARTS) is 1. The van der Waals surface area contributed by atoms with Crippen molar-refractivity contribution in [2.24, 2.45) is 5.92 Å². The molecule has 1 N–H and O–H groups in total. The second kappa shape index (κ2) is 5.45. The molecule has 0 bridgehead atoms. The smallest absolute Gasteiger partial charge is 0.310 e. The molecule has 1 aromatic rings. The first-order valence-electron chi connectivity index (χ1n) is 5.95. The number of hydrogen-bond acceptors (Lipinski definition) is 6. The van der Waals surface area contributed by atoms with Gasteiger partial charge in [0.2, 0.25) is 11.8 Å². The van der Waals surface area contributed by atoms with E-state index in [2.05, 4.69) is 10.2 Å². The Morgan fingerprint density at radius 3 is 2.83 bits per heavy atom. The van der Waals surface area contributed by atoms with Crippen molar-refractivity contribution in [1.29, 1.82) is 0 Å².